The van der Waals surface area contributed by atoms with Crippen molar-refractivity contribution < 1.29 is 44.0 Å². The Kier molecular flexibility index (Phi) is 7.94. The number of carbonyl (C=O) groups excluding carboxylic acids is 3. The van der Waals surface area contributed by atoms with Gasteiger partial charge < -0.3 is 30.1 Å². The zero-order valence-corrected chi connectivity index (χ0v) is 17.2. The largest absolute Gasteiger partial charge is 0.504 e. The molecule has 1 atom stereocenters. The highest BCUT2D eigenvalue weighted by molar-refractivity contribution is 5.94. The Balaban J connectivity index is 2.12. The number of phenolic OH excluding ortho intramolecular Hbond substituents is 2. The summed E-state index contributed by atoms with van der Waals surface area (Å²) < 4.78 is 9.97. The molecular weight excluding hydrogens is 422 g/mol. The van der Waals surface area contributed by atoms with Crippen LogP contribution in [0, 0.1) is 0 Å². The molecule has 0 bridgehead atoms. The third-order valence-corrected chi connectivity index (χ3v) is 4.00. The first-order valence-corrected chi connectivity index (χ1v) is 9.28. The molecule has 1 unspecified atom stereocenters. The zero-order valence-electron chi connectivity index (χ0n) is 17.2. The van der Waals surface area contributed by atoms with Crippen LogP contribution < -0.4 is 14.8 Å². The van der Waals surface area contributed by atoms with E-state index in [4.69, 9.17) is 9.47 Å². The van der Waals surface area contributed by atoms with Gasteiger partial charge in [0.25, 0.3) is 0 Å². The summed E-state index contributed by atoms with van der Waals surface area (Å²) in [5.74, 6) is -3.99. The average molecular weight is 443 g/mol. The summed E-state index contributed by atoms with van der Waals surface area (Å²) in [7, 11) is 0. The molecule has 0 aliphatic rings. The van der Waals surface area contributed by atoms with Crippen LogP contribution >= 0.6 is 0 Å². The summed E-state index contributed by atoms with van der Waals surface area (Å²) in [5, 5.41) is 30.6. The lowest BCUT2D eigenvalue weighted by molar-refractivity contribution is -0.141. The van der Waals surface area contributed by atoms with E-state index in [-0.39, 0.29) is 23.7 Å². The zero-order chi connectivity index (χ0) is 23.8. The Morgan fingerprint density at radius 3 is 2.19 bits per heavy atom. The van der Waals surface area contributed by atoms with Crippen LogP contribution in [0.1, 0.15) is 25.0 Å². The van der Waals surface area contributed by atoms with Crippen molar-refractivity contribution in [3.63, 3.8) is 0 Å². The highest BCUT2D eigenvalue weighted by Gasteiger charge is 2.20. The van der Waals surface area contributed by atoms with Crippen LogP contribution in [0.15, 0.2) is 42.5 Å². The first-order valence-electron chi connectivity index (χ1n) is 9.28. The van der Waals surface area contributed by atoms with Crippen LogP contribution in [0.25, 0.3) is 6.08 Å². The molecule has 0 aromatic heterocycles. The van der Waals surface area contributed by atoms with E-state index in [2.05, 4.69) is 5.32 Å². The van der Waals surface area contributed by atoms with Crippen LogP contribution in [0.2, 0.25) is 0 Å². The molecule has 2 aromatic carbocycles. The minimum atomic E-state index is -1.29. The maximum atomic E-state index is 12.2. The number of aromatic hydroxyl groups is 2. The summed E-state index contributed by atoms with van der Waals surface area (Å²) in [5.41, 5.74) is 0.812. The van der Waals surface area contributed by atoms with E-state index in [1.165, 1.54) is 56.3 Å². The second-order valence-corrected chi connectivity index (χ2v) is 6.65. The maximum Gasteiger partial charge on any atom is 0.326 e. The smallest absolute Gasteiger partial charge is 0.326 e. The Morgan fingerprint density at radius 2 is 1.59 bits per heavy atom. The van der Waals surface area contributed by atoms with Crippen molar-refractivity contribution in [2.24, 2.45) is 0 Å². The van der Waals surface area contributed by atoms with Crippen molar-refractivity contribution in [3.05, 3.63) is 53.6 Å². The van der Waals surface area contributed by atoms with Crippen LogP contribution in [0.4, 0.5) is 0 Å². The number of carbonyl (C=O) groups is 4. The fourth-order valence-corrected chi connectivity index (χ4v) is 2.63. The fraction of sp³-hybridized carbons (Fsp3) is 0.182. The van der Waals surface area contributed by atoms with Gasteiger partial charge in [-0.25, -0.2) is 4.79 Å². The predicted molar refractivity (Wildman–Crippen MR) is 111 cm³/mol. The average Bonchev–Trinajstić information content (AvgIpc) is 2.69. The molecule has 1 amide bonds. The van der Waals surface area contributed by atoms with Gasteiger partial charge in [-0.2, -0.15) is 0 Å². The Hall–Kier alpha value is -4.34. The van der Waals surface area contributed by atoms with Gasteiger partial charge >= 0.3 is 17.9 Å². The van der Waals surface area contributed by atoms with Gasteiger partial charge in [-0.3, -0.25) is 14.4 Å². The molecule has 0 radical (unpaired) electrons. The molecule has 0 saturated heterocycles. The number of carboxylic acid groups (broad SMARTS) is 1. The van der Waals surface area contributed by atoms with E-state index in [0.717, 1.165) is 6.08 Å². The van der Waals surface area contributed by atoms with Crippen LogP contribution in [0.5, 0.6) is 23.0 Å². The number of carboxylic acids is 1. The van der Waals surface area contributed by atoms with Gasteiger partial charge in [0.2, 0.25) is 5.91 Å². The van der Waals surface area contributed by atoms with Gasteiger partial charge in [-0.1, -0.05) is 12.1 Å². The third kappa shape index (κ3) is 7.17. The van der Waals surface area contributed by atoms with Crippen molar-refractivity contribution in [2.75, 3.05) is 0 Å². The number of aliphatic carboxylic acids is 1. The Labute approximate surface area is 182 Å². The predicted octanol–water partition coefficient (Wildman–Crippen LogP) is 1.77. The number of phenols is 2. The molecule has 0 fully saturated rings. The third-order valence-electron chi connectivity index (χ3n) is 4.00. The van der Waals surface area contributed by atoms with E-state index in [0.29, 0.717) is 11.1 Å². The van der Waals surface area contributed by atoms with E-state index >= 15 is 0 Å². The molecule has 0 aliphatic heterocycles. The minimum Gasteiger partial charge on any atom is -0.504 e. The van der Waals surface area contributed by atoms with Gasteiger partial charge in [0.1, 0.15) is 6.04 Å². The Morgan fingerprint density at radius 1 is 0.938 bits per heavy atom. The lowest BCUT2D eigenvalue weighted by Crippen LogP contribution is -2.41. The number of hydrogen-bond donors (Lipinski definition) is 4. The molecule has 10 heteroatoms. The summed E-state index contributed by atoms with van der Waals surface area (Å²) >= 11 is 0. The molecule has 2 aromatic rings. The van der Waals surface area contributed by atoms with E-state index in [1.54, 1.807) is 0 Å². The number of benzene rings is 2. The van der Waals surface area contributed by atoms with Crippen molar-refractivity contribution in [3.8, 4) is 23.0 Å². The number of nitrogens with one attached hydrogen (secondary N) is 1. The number of esters is 2. The van der Waals surface area contributed by atoms with Crippen molar-refractivity contribution in [1.29, 1.82) is 0 Å². The maximum absolute atomic E-state index is 12.2. The standard InChI is InChI=1S/C22H21NO9/c1-12(24)31-19-7-4-14(11-20(19)32-13(2)25)5-8-21(28)23-16(22(29)30)9-15-3-6-17(26)18(27)10-15/h3-8,10-11,16,26-27H,9H2,1-2H3,(H,23,28)(H,29,30)/b8-5+. The lowest BCUT2D eigenvalue weighted by atomic mass is 10.1. The molecular formula is C22H21NO9. The number of rotatable bonds is 8. The molecule has 0 aliphatic carbocycles. The molecule has 0 spiro atoms. The van der Waals surface area contributed by atoms with Crippen molar-refractivity contribution in [2.45, 2.75) is 26.3 Å². The monoisotopic (exact) mass is 443 g/mol. The van der Waals surface area contributed by atoms with Gasteiger partial charge in [0, 0.05) is 26.3 Å². The summed E-state index contributed by atoms with van der Waals surface area (Å²) in [6, 6.07) is 6.81. The van der Waals surface area contributed by atoms with Gasteiger partial charge in [-0.05, 0) is 41.5 Å². The molecule has 4 N–H and O–H groups in total. The molecule has 0 saturated carbocycles. The highest BCUT2D eigenvalue weighted by Crippen LogP contribution is 2.29. The number of amides is 1. The number of hydrogen-bond acceptors (Lipinski definition) is 8. The molecule has 168 valence electrons. The highest BCUT2D eigenvalue weighted by atomic mass is 16.6. The first-order chi connectivity index (χ1) is 15.0. The van der Waals surface area contributed by atoms with Gasteiger partial charge in [-0.15, -0.1) is 0 Å². The Bertz CT molecular complexity index is 1080. The molecule has 32 heavy (non-hydrogen) atoms. The minimum absolute atomic E-state index is 0.0224. The summed E-state index contributed by atoms with van der Waals surface area (Å²) in [6.07, 6.45) is 2.31. The van der Waals surface area contributed by atoms with Crippen molar-refractivity contribution in [1.82, 2.24) is 5.32 Å². The second kappa shape index (κ2) is 10.6. The van der Waals surface area contributed by atoms with Crippen LogP contribution in [-0.2, 0) is 25.6 Å². The van der Waals surface area contributed by atoms with Gasteiger partial charge in [0.15, 0.2) is 23.0 Å². The summed E-state index contributed by atoms with van der Waals surface area (Å²) in [4.78, 5) is 46.2. The SMILES string of the molecule is CC(=O)Oc1ccc(/C=C/C(=O)NC(Cc2ccc(O)c(O)c2)C(=O)O)cc1OC(C)=O. The van der Waals surface area contributed by atoms with Gasteiger partial charge in [0.05, 0.1) is 0 Å². The molecule has 10 nitrogen and oxygen atoms in total. The van der Waals surface area contributed by atoms with E-state index in [1.807, 2.05) is 0 Å². The first kappa shape index (κ1) is 23.9. The topological polar surface area (TPSA) is 159 Å². The van der Waals surface area contributed by atoms with Crippen LogP contribution in [0.3, 0.4) is 0 Å². The van der Waals surface area contributed by atoms with E-state index < -0.39 is 35.6 Å². The van der Waals surface area contributed by atoms with Crippen molar-refractivity contribution >= 4 is 29.9 Å². The van der Waals surface area contributed by atoms with Crippen LogP contribution in [-0.4, -0.2) is 45.2 Å². The fourth-order valence-electron chi connectivity index (χ4n) is 2.63. The quantitative estimate of drug-likeness (QED) is 0.206. The second-order valence-electron chi connectivity index (χ2n) is 6.65. The number of ether oxygens (including phenoxy) is 2. The van der Waals surface area contributed by atoms with E-state index in [9.17, 15) is 34.5 Å². The normalized spacial score (nSPS) is 11.6. The molecule has 0 heterocycles. The summed E-state index contributed by atoms with van der Waals surface area (Å²) in [6.45, 7) is 2.36. The lowest BCUT2D eigenvalue weighted by Gasteiger charge is -2.14. The molecule has 2 rings (SSSR count).